The van der Waals surface area contributed by atoms with Crippen LogP contribution in [0.1, 0.15) is 39.0 Å². The molecule has 2 aliphatic rings. The molecule has 0 bridgehead atoms. The van der Waals surface area contributed by atoms with E-state index in [0.29, 0.717) is 0 Å². The second kappa shape index (κ2) is 3.14. The lowest BCUT2D eigenvalue weighted by Crippen LogP contribution is -2.22. The minimum Gasteiger partial charge on any atom is -0.314 e. The normalized spacial score (nSPS) is 45.0. The van der Waals surface area contributed by atoms with Crippen molar-refractivity contribution in [3.8, 4) is 0 Å². The van der Waals surface area contributed by atoms with Gasteiger partial charge in [-0.05, 0) is 38.1 Å². The van der Waals surface area contributed by atoms with E-state index >= 15 is 0 Å². The average Bonchev–Trinajstić information content (AvgIpc) is 2.25. The van der Waals surface area contributed by atoms with Crippen LogP contribution in [-0.4, -0.2) is 12.6 Å². The predicted molar refractivity (Wildman–Crippen MR) is 47.5 cm³/mol. The van der Waals surface area contributed by atoms with Crippen LogP contribution in [0.5, 0.6) is 0 Å². The molecule has 1 aliphatic carbocycles. The van der Waals surface area contributed by atoms with E-state index in [-0.39, 0.29) is 0 Å². The van der Waals surface area contributed by atoms with Crippen LogP contribution in [-0.2, 0) is 0 Å². The van der Waals surface area contributed by atoms with Gasteiger partial charge in [-0.15, -0.1) is 0 Å². The maximum absolute atomic E-state index is 3.59. The zero-order chi connectivity index (χ0) is 7.68. The van der Waals surface area contributed by atoms with Gasteiger partial charge in [0.25, 0.3) is 0 Å². The fourth-order valence-corrected chi connectivity index (χ4v) is 2.81. The van der Waals surface area contributed by atoms with Gasteiger partial charge in [0.15, 0.2) is 0 Å². The van der Waals surface area contributed by atoms with E-state index in [0.717, 1.165) is 17.9 Å². The van der Waals surface area contributed by atoms with Crippen LogP contribution in [0.4, 0.5) is 0 Å². The van der Waals surface area contributed by atoms with Crippen molar-refractivity contribution in [3.05, 3.63) is 0 Å². The molecule has 1 heterocycles. The molecular weight excluding hydrogens is 134 g/mol. The molecule has 2 unspecified atom stereocenters. The lowest BCUT2D eigenvalue weighted by molar-refractivity contribution is 0.355. The summed E-state index contributed by atoms with van der Waals surface area (Å²) in [6.07, 6.45) is 7.42. The van der Waals surface area contributed by atoms with E-state index in [9.17, 15) is 0 Å². The Morgan fingerprint density at radius 2 is 1.91 bits per heavy atom. The monoisotopic (exact) mass is 153 g/mol. The molecule has 1 aliphatic heterocycles. The number of hydrogen-bond acceptors (Lipinski definition) is 1. The largest absolute Gasteiger partial charge is 0.314 e. The van der Waals surface area contributed by atoms with Gasteiger partial charge in [0.2, 0.25) is 0 Å². The molecule has 2 rings (SSSR count). The summed E-state index contributed by atoms with van der Waals surface area (Å²) < 4.78 is 0. The van der Waals surface area contributed by atoms with Crippen LogP contribution in [0, 0.1) is 11.8 Å². The van der Waals surface area contributed by atoms with E-state index in [1.807, 2.05) is 0 Å². The van der Waals surface area contributed by atoms with Gasteiger partial charge in [0.05, 0.1) is 0 Å². The minimum atomic E-state index is 0.804. The number of fused-ring (bicyclic) bond motifs is 1. The van der Waals surface area contributed by atoms with E-state index in [1.54, 1.807) is 0 Å². The topological polar surface area (TPSA) is 12.0 Å². The smallest absolute Gasteiger partial charge is 0.00702 e. The van der Waals surface area contributed by atoms with E-state index < -0.39 is 0 Å². The van der Waals surface area contributed by atoms with E-state index in [1.165, 1.54) is 38.6 Å². The molecule has 0 aromatic carbocycles. The summed E-state index contributed by atoms with van der Waals surface area (Å²) in [5, 5.41) is 3.59. The number of rotatable bonds is 0. The fourth-order valence-electron chi connectivity index (χ4n) is 2.81. The van der Waals surface area contributed by atoms with Crippen LogP contribution in [0.15, 0.2) is 0 Å². The van der Waals surface area contributed by atoms with Crippen LogP contribution in [0.2, 0.25) is 0 Å². The summed E-state index contributed by atoms with van der Waals surface area (Å²) in [6, 6.07) is 0.804. The van der Waals surface area contributed by atoms with Crippen molar-refractivity contribution in [2.45, 2.75) is 45.1 Å². The van der Waals surface area contributed by atoms with Crippen molar-refractivity contribution in [2.24, 2.45) is 11.8 Å². The maximum atomic E-state index is 3.59. The van der Waals surface area contributed by atoms with Gasteiger partial charge in [-0.25, -0.2) is 0 Å². The molecule has 11 heavy (non-hydrogen) atoms. The minimum absolute atomic E-state index is 0.804. The third kappa shape index (κ3) is 1.44. The van der Waals surface area contributed by atoms with Crippen LogP contribution in [0.3, 0.4) is 0 Å². The van der Waals surface area contributed by atoms with Crippen LogP contribution >= 0.6 is 0 Å². The molecule has 1 saturated heterocycles. The zero-order valence-corrected chi connectivity index (χ0v) is 7.47. The lowest BCUT2D eigenvalue weighted by Gasteiger charge is -2.17. The number of hydrogen-bond donors (Lipinski definition) is 1. The number of nitrogens with one attached hydrogen (secondary N) is 1. The Hall–Kier alpha value is -0.0400. The Balaban J connectivity index is 2.00. The SMILES string of the molecule is C[C@@H]1NCC2CCCCCC21. The summed E-state index contributed by atoms with van der Waals surface area (Å²) >= 11 is 0. The highest BCUT2D eigenvalue weighted by Crippen LogP contribution is 2.34. The molecule has 3 atom stereocenters. The lowest BCUT2D eigenvalue weighted by atomic mass is 9.87. The Morgan fingerprint density at radius 3 is 2.82 bits per heavy atom. The molecule has 1 N–H and O–H groups in total. The first-order chi connectivity index (χ1) is 5.38. The second-order valence-corrected chi connectivity index (χ2v) is 4.26. The predicted octanol–water partition coefficient (Wildman–Crippen LogP) is 2.17. The Morgan fingerprint density at radius 1 is 1.09 bits per heavy atom. The Bertz CT molecular complexity index is 133. The second-order valence-electron chi connectivity index (χ2n) is 4.26. The van der Waals surface area contributed by atoms with Crippen molar-refractivity contribution >= 4 is 0 Å². The molecule has 0 spiro atoms. The molecule has 1 saturated carbocycles. The molecule has 64 valence electrons. The highest BCUT2D eigenvalue weighted by molar-refractivity contribution is 4.88. The summed E-state index contributed by atoms with van der Waals surface area (Å²) in [5.74, 6) is 2.03. The molecular formula is C10H19N. The summed E-state index contributed by atoms with van der Waals surface area (Å²) in [7, 11) is 0. The molecule has 0 amide bonds. The van der Waals surface area contributed by atoms with E-state index in [2.05, 4.69) is 12.2 Å². The molecule has 1 heteroatoms. The third-order valence-corrected chi connectivity index (χ3v) is 3.56. The van der Waals surface area contributed by atoms with Gasteiger partial charge < -0.3 is 5.32 Å². The fraction of sp³-hybridized carbons (Fsp3) is 1.00. The maximum Gasteiger partial charge on any atom is 0.00702 e. The van der Waals surface area contributed by atoms with Crippen molar-refractivity contribution in [2.75, 3.05) is 6.54 Å². The first-order valence-corrected chi connectivity index (χ1v) is 5.11. The van der Waals surface area contributed by atoms with Crippen LogP contribution in [0.25, 0.3) is 0 Å². The molecule has 0 aromatic rings. The van der Waals surface area contributed by atoms with Gasteiger partial charge in [-0.1, -0.05) is 19.3 Å². The summed E-state index contributed by atoms with van der Waals surface area (Å²) in [4.78, 5) is 0. The molecule has 0 aromatic heterocycles. The van der Waals surface area contributed by atoms with Crippen molar-refractivity contribution < 1.29 is 0 Å². The quantitative estimate of drug-likeness (QED) is 0.562. The van der Waals surface area contributed by atoms with Gasteiger partial charge in [0, 0.05) is 6.04 Å². The first-order valence-electron chi connectivity index (χ1n) is 5.11. The molecule has 0 radical (unpaired) electrons. The molecule has 2 fully saturated rings. The van der Waals surface area contributed by atoms with Gasteiger partial charge in [-0.3, -0.25) is 0 Å². The summed E-state index contributed by atoms with van der Waals surface area (Å²) in [6.45, 7) is 3.65. The first kappa shape index (κ1) is 7.60. The van der Waals surface area contributed by atoms with Crippen LogP contribution < -0.4 is 5.32 Å². The van der Waals surface area contributed by atoms with Gasteiger partial charge in [0.1, 0.15) is 0 Å². The zero-order valence-electron chi connectivity index (χ0n) is 7.47. The third-order valence-electron chi connectivity index (χ3n) is 3.56. The van der Waals surface area contributed by atoms with E-state index in [4.69, 9.17) is 0 Å². The van der Waals surface area contributed by atoms with Gasteiger partial charge in [-0.2, -0.15) is 0 Å². The Kier molecular flexibility index (Phi) is 2.17. The van der Waals surface area contributed by atoms with Gasteiger partial charge >= 0.3 is 0 Å². The van der Waals surface area contributed by atoms with Crippen molar-refractivity contribution in [1.82, 2.24) is 5.32 Å². The Labute approximate surface area is 69.6 Å². The highest BCUT2D eigenvalue weighted by atomic mass is 15.0. The summed E-state index contributed by atoms with van der Waals surface area (Å²) in [5.41, 5.74) is 0. The van der Waals surface area contributed by atoms with Crippen molar-refractivity contribution in [3.63, 3.8) is 0 Å². The van der Waals surface area contributed by atoms with Crippen molar-refractivity contribution in [1.29, 1.82) is 0 Å². The highest BCUT2D eigenvalue weighted by Gasteiger charge is 2.32. The molecule has 1 nitrogen and oxygen atoms in total. The average molecular weight is 153 g/mol. The standard InChI is InChI=1S/C10H19N/c1-8-10-6-4-2-3-5-9(10)7-11-8/h8-11H,2-7H2,1H3/t8-,9?,10?/m0/s1.